The van der Waals surface area contributed by atoms with Crippen LogP contribution in [0.3, 0.4) is 0 Å². The average molecular weight is 406 g/mol. The van der Waals surface area contributed by atoms with Crippen LogP contribution in [0.5, 0.6) is 0 Å². The van der Waals surface area contributed by atoms with Gasteiger partial charge in [-0.05, 0) is 37.1 Å². The maximum atomic E-state index is 12.5. The summed E-state index contributed by atoms with van der Waals surface area (Å²) >= 11 is 4.94. The van der Waals surface area contributed by atoms with Crippen LogP contribution in [0, 0.1) is 0 Å². The van der Waals surface area contributed by atoms with Crippen molar-refractivity contribution in [1.82, 2.24) is 9.97 Å². The van der Waals surface area contributed by atoms with E-state index in [4.69, 9.17) is 4.98 Å². The summed E-state index contributed by atoms with van der Waals surface area (Å²) in [6.45, 7) is 5.99. The molecule has 4 nitrogen and oxygen atoms in total. The van der Waals surface area contributed by atoms with E-state index in [9.17, 15) is 4.79 Å². The molecule has 126 valence electrons. The molecule has 0 radical (unpaired) electrons. The molecular weight excluding hydrogens is 386 g/mol. The van der Waals surface area contributed by atoms with E-state index in [0.717, 1.165) is 46.4 Å². The van der Waals surface area contributed by atoms with Crippen LogP contribution in [-0.2, 0) is 0 Å². The molecule has 2 heterocycles. The molecular formula is C18H20BrN3OS. The number of hydrogen-bond donors (Lipinski definition) is 1. The van der Waals surface area contributed by atoms with Crippen molar-refractivity contribution in [3.63, 3.8) is 0 Å². The van der Waals surface area contributed by atoms with Gasteiger partial charge in [-0.3, -0.25) is 9.78 Å². The van der Waals surface area contributed by atoms with E-state index in [2.05, 4.69) is 39.7 Å². The number of aromatic nitrogens is 2. The normalized spacial score (nSPS) is 11.1. The lowest BCUT2D eigenvalue weighted by Crippen LogP contribution is -2.28. The van der Waals surface area contributed by atoms with Crippen molar-refractivity contribution < 1.29 is 0 Å². The van der Waals surface area contributed by atoms with Crippen molar-refractivity contribution in [2.75, 3.05) is 18.0 Å². The van der Waals surface area contributed by atoms with Gasteiger partial charge in [0.05, 0.1) is 5.52 Å². The Morgan fingerprint density at radius 3 is 2.67 bits per heavy atom. The van der Waals surface area contributed by atoms with Gasteiger partial charge in [0.2, 0.25) is 5.95 Å². The maximum Gasteiger partial charge on any atom is 0.270 e. The molecule has 0 aliphatic heterocycles. The Hall–Kier alpha value is -1.66. The minimum Gasteiger partial charge on any atom is -0.343 e. The van der Waals surface area contributed by atoms with Crippen molar-refractivity contribution in [3.8, 4) is 10.4 Å². The van der Waals surface area contributed by atoms with Gasteiger partial charge in [-0.1, -0.05) is 41.4 Å². The maximum absolute atomic E-state index is 12.5. The molecule has 1 N–H and O–H groups in total. The highest BCUT2D eigenvalue weighted by atomic mass is 79.9. The number of thiophene rings is 1. The number of rotatable bonds is 6. The summed E-state index contributed by atoms with van der Waals surface area (Å²) in [4.78, 5) is 23.3. The predicted octanol–water partition coefficient (Wildman–Crippen LogP) is 5.04. The van der Waals surface area contributed by atoms with Gasteiger partial charge in [0.25, 0.3) is 5.56 Å². The molecule has 3 aromatic rings. The highest BCUT2D eigenvalue weighted by molar-refractivity contribution is 9.10. The van der Waals surface area contributed by atoms with Gasteiger partial charge >= 0.3 is 0 Å². The monoisotopic (exact) mass is 405 g/mol. The number of unbranched alkanes of at least 4 members (excludes halogenated alkanes) is 1. The molecule has 0 aliphatic carbocycles. The zero-order chi connectivity index (χ0) is 17.1. The van der Waals surface area contributed by atoms with Crippen LogP contribution >= 0.6 is 27.3 Å². The molecule has 0 bridgehead atoms. The second-order valence-electron chi connectivity index (χ2n) is 5.65. The number of nitrogens with one attached hydrogen (secondary N) is 1. The number of aromatic amines is 1. The van der Waals surface area contributed by atoms with E-state index in [1.807, 2.05) is 30.3 Å². The molecule has 0 saturated carbocycles. The molecule has 2 aromatic heterocycles. The third-order valence-corrected chi connectivity index (χ3v) is 5.66. The molecule has 0 atom stereocenters. The molecule has 0 amide bonds. The Bertz CT molecular complexity index is 885. The second kappa shape index (κ2) is 7.49. The minimum atomic E-state index is -0.0571. The van der Waals surface area contributed by atoms with E-state index in [1.165, 1.54) is 11.3 Å². The van der Waals surface area contributed by atoms with Gasteiger partial charge in [-0.25, -0.2) is 4.98 Å². The lowest BCUT2D eigenvalue weighted by Gasteiger charge is -2.20. The topological polar surface area (TPSA) is 49.0 Å². The van der Waals surface area contributed by atoms with Gasteiger partial charge in [-0.2, -0.15) is 0 Å². The van der Waals surface area contributed by atoms with E-state index < -0.39 is 0 Å². The first-order valence-corrected chi connectivity index (χ1v) is 9.78. The van der Waals surface area contributed by atoms with Crippen LogP contribution in [0.4, 0.5) is 5.95 Å². The van der Waals surface area contributed by atoms with Crippen molar-refractivity contribution in [1.29, 1.82) is 0 Å². The number of fused-ring (bicyclic) bond motifs is 1. The number of hydrogen-bond acceptors (Lipinski definition) is 4. The van der Waals surface area contributed by atoms with E-state index >= 15 is 0 Å². The van der Waals surface area contributed by atoms with Crippen LogP contribution in [0.25, 0.3) is 20.7 Å². The zero-order valence-electron chi connectivity index (χ0n) is 13.8. The Labute approximate surface area is 153 Å². The quantitative estimate of drug-likeness (QED) is 0.624. The fraction of sp³-hybridized carbons (Fsp3) is 0.333. The fourth-order valence-corrected chi connectivity index (χ4v) is 3.86. The Kier molecular flexibility index (Phi) is 5.36. The van der Waals surface area contributed by atoms with Gasteiger partial charge in [0, 0.05) is 22.4 Å². The molecule has 6 heteroatoms. The first kappa shape index (κ1) is 17.2. The Balaban J connectivity index is 2.02. The predicted molar refractivity (Wildman–Crippen MR) is 106 cm³/mol. The van der Waals surface area contributed by atoms with Gasteiger partial charge < -0.3 is 4.90 Å². The standard InChI is InChI=1S/C18H20BrN3OS/c1-3-5-10-22(4-2)18-20-14-11-15(24-16(14)17(23)21-18)12-6-8-13(19)9-7-12/h6-9,11H,3-5,10H2,1-2H3,(H,20,21,23). The molecule has 3 rings (SSSR count). The van der Waals surface area contributed by atoms with Crippen LogP contribution in [0.1, 0.15) is 26.7 Å². The number of nitrogens with zero attached hydrogens (tertiary/aromatic N) is 2. The number of halogens is 1. The van der Waals surface area contributed by atoms with Crippen molar-refractivity contribution in [2.24, 2.45) is 0 Å². The summed E-state index contributed by atoms with van der Waals surface area (Å²) in [5, 5.41) is 0. The van der Waals surface area contributed by atoms with E-state index in [0.29, 0.717) is 10.6 Å². The summed E-state index contributed by atoms with van der Waals surface area (Å²) in [5.74, 6) is 0.670. The summed E-state index contributed by atoms with van der Waals surface area (Å²) < 4.78 is 1.73. The van der Waals surface area contributed by atoms with Gasteiger partial charge in [0.1, 0.15) is 4.70 Å². The third-order valence-electron chi connectivity index (χ3n) is 3.96. The van der Waals surface area contributed by atoms with Crippen molar-refractivity contribution in [2.45, 2.75) is 26.7 Å². The molecule has 0 saturated heterocycles. The van der Waals surface area contributed by atoms with Crippen LogP contribution in [-0.4, -0.2) is 23.1 Å². The van der Waals surface area contributed by atoms with Crippen LogP contribution in [0.15, 0.2) is 39.6 Å². The van der Waals surface area contributed by atoms with Crippen molar-refractivity contribution >= 4 is 43.4 Å². The first-order chi connectivity index (χ1) is 11.6. The molecule has 1 aromatic carbocycles. The lowest BCUT2D eigenvalue weighted by atomic mass is 10.2. The molecule has 0 aliphatic rings. The number of benzene rings is 1. The molecule has 24 heavy (non-hydrogen) atoms. The van der Waals surface area contributed by atoms with E-state index in [-0.39, 0.29) is 5.56 Å². The largest absolute Gasteiger partial charge is 0.343 e. The van der Waals surface area contributed by atoms with E-state index in [1.54, 1.807) is 0 Å². The van der Waals surface area contributed by atoms with Gasteiger partial charge in [0.15, 0.2) is 0 Å². The average Bonchev–Trinajstić information content (AvgIpc) is 3.01. The van der Waals surface area contributed by atoms with Crippen LogP contribution < -0.4 is 10.5 Å². The number of H-pyrrole nitrogens is 1. The SMILES string of the molecule is CCCCN(CC)c1nc2cc(-c3ccc(Br)cc3)sc2c(=O)[nH]1. The highest BCUT2D eigenvalue weighted by Crippen LogP contribution is 2.32. The Morgan fingerprint density at radius 1 is 1.25 bits per heavy atom. The molecule has 0 fully saturated rings. The number of anilines is 1. The highest BCUT2D eigenvalue weighted by Gasteiger charge is 2.13. The second-order valence-corrected chi connectivity index (χ2v) is 7.62. The Morgan fingerprint density at radius 2 is 2.00 bits per heavy atom. The lowest BCUT2D eigenvalue weighted by molar-refractivity contribution is 0.714. The molecule has 0 unspecified atom stereocenters. The fourth-order valence-electron chi connectivity index (χ4n) is 2.60. The summed E-state index contributed by atoms with van der Waals surface area (Å²) in [5.41, 5.74) is 1.81. The smallest absolute Gasteiger partial charge is 0.270 e. The van der Waals surface area contributed by atoms with Crippen LogP contribution in [0.2, 0.25) is 0 Å². The van der Waals surface area contributed by atoms with Gasteiger partial charge in [-0.15, -0.1) is 11.3 Å². The zero-order valence-corrected chi connectivity index (χ0v) is 16.2. The van der Waals surface area contributed by atoms with Crippen molar-refractivity contribution in [3.05, 3.63) is 45.2 Å². The summed E-state index contributed by atoms with van der Waals surface area (Å²) in [7, 11) is 0. The third kappa shape index (κ3) is 3.54. The summed E-state index contributed by atoms with van der Waals surface area (Å²) in [6.07, 6.45) is 2.21. The first-order valence-electron chi connectivity index (χ1n) is 8.17. The minimum absolute atomic E-state index is 0.0571. The summed E-state index contributed by atoms with van der Waals surface area (Å²) in [6, 6.07) is 10.1. The molecule has 0 spiro atoms.